The van der Waals surface area contributed by atoms with Gasteiger partial charge in [0, 0.05) is 50.7 Å². The predicted octanol–water partition coefficient (Wildman–Crippen LogP) is 1.36. The fourth-order valence-corrected chi connectivity index (χ4v) is 4.32. The molecular weight excluding hydrogens is 500 g/mol. The molecule has 1 fully saturated rings. The number of methoxy groups -OCH3 is 2. The van der Waals surface area contributed by atoms with Crippen molar-refractivity contribution in [1.82, 2.24) is 24.8 Å². The highest BCUT2D eigenvalue weighted by atomic mass is 32.1. The van der Waals surface area contributed by atoms with Gasteiger partial charge in [-0.05, 0) is 37.3 Å². The summed E-state index contributed by atoms with van der Waals surface area (Å²) in [4.78, 5) is 49.4. The SMILES string of the molecule is CCn1cc(C(=O)O)c(=O)c2cnc(N3CCN(C(=S)NC(=O)c4ccc(OC)c(OC)c4)CC3)nc21. The zero-order valence-electron chi connectivity index (χ0n) is 20.6. The van der Waals surface area contributed by atoms with Gasteiger partial charge in [-0.2, -0.15) is 4.98 Å². The molecule has 0 atom stereocenters. The molecule has 0 bridgehead atoms. The van der Waals surface area contributed by atoms with Crippen molar-refractivity contribution in [1.29, 1.82) is 0 Å². The molecule has 0 unspecified atom stereocenters. The number of aromatic nitrogens is 3. The van der Waals surface area contributed by atoms with Crippen LogP contribution in [0.2, 0.25) is 0 Å². The average molecular weight is 527 g/mol. The first-order chi connectivity index (χ1) is 17.8. The number of hydrogen-bond acceptors (Lipinski definition) is 9. The molecule has 1 amide bonds. The van der Waals surface area contributed by atoms with E-state index in [1.54, 1.807) is 22.8 Å². The van der Waals surface area contributed by atoms with Gasteiger partial charge in [-0.1, -0.05) is 0 Å². The van der Waals surface area contributed by atoms with Crippen molar-refractivity contribution in [2.45, 2.75) is 13.5 Å². The number of carbonyl (C=O) groups excluding carboxylic acids is 1. The molecule has 1 saturated heterocycles. The number of carboxylic acid groups (broad SMARTS) is 1. The van der Waals surface area contributed by atoms with Crippen LogP contribution in [0.15, 0.2) is 35.4 Å². The molecule has 194 valence electrons. The lowest BCUT2D eigenvalue weighted by Crippen LogP contribution is -2.53. The lowest BCUT2D eigenvalue weighted by molar-refractivity contribution is 0.0694. The highest BCUT2D eigenvalue weighted by Crippen LogP contribution is 2.27. The molecule has 3 heterocycles. The number of aryl methyl sites for hydroxylation is 1. The predicted molar refractivity (Wildman–Crippen MR) is 140 cm³/mol. The van der Waals surface area contributed by atoms with E-state index >= 15 is 0 Å². The average Bonchev–Trinajstić information content (AvgIpc) is 2.92. The topological polar surface area (TPSA) is 139 Å². The Balaban J connectivity index is 1.44. The largest absolute Gasteiger partial charge is 0.493 e. The summed E-state index contributed by atoms with van der Waals surface area (Å²) < 4.78 is 12.1. The monoisotopic (exact) mass is 526 g/mol. The summed E-state index contributed by atoms with van der Waals surface area (Å²) in [7, 11) is 3.02. The quantitative estimate of drug-likeness (QED) is 0.450. The van der Waals surface area contributed by atoms with Crippen LogP contribution in [-0.4, -0.2) is 81.9 Å². The first kappa shape index (κ1) is 25.8. The van der Waals surface area contributed by atoms with Crippen LogP contribution in [0.3, 0.4) is 0 Å². The van der Waals surface area contributed by atoms with Gasteiger partial charge in [-0.3, -0.25) is 14.9 Å². The molecule has 0 aliphatic carbocycles. The number of anilines is 1. The molecule has 1 aliphatic heterocycles. The number of hydrogen-bond donors (Lipinski definition) is 2. The van der Waals surface area contributed by atoms with E-state index in [0.717, 1.165) is 0 Å². The standard InChI is InChI=1S/C24H26N6O6S/c1-4-28-13-16(22(33)34)19(31)15-12-25-23(26-20(15)28)29-7-9-30(10-8-29)24(37)27-21(32)14-5-6-17(35-2)18(11-14)36-3/h5-6,11-13H,4,7-10H2,1-3H3,(H,33,34)(H,27,32,37). The molecule has 12 nitrogen and oxygen atoms in total. The number of pyridine rings is 1. The van der Waals surface area contributed by atoms with Crippen molar-refractivity contribution in [3.05, 3.63) is 51.9 Å². The number of carbonyl (C=O) groups is 2. The number of ether oxygens (including phenoxy) is 2. The van der Waals surface area contributed by atoms with Gasteiger partial charge in [-0.15, -0.1) is 0 Å². The number of amides is 1. The van der Waals surface area contributed by atoms with Gasteiger partial charge < -0.3 is 28.9 Å². The van der Waals surface area contributed by atoms with Gasteiger partial charge in [-0.25, -0.2) is 9.78 Å². The zero-order chi connectivity index (χ0) is 26.7. The molecule has 2 N–H and O–H groups in total. The molecule has 0 saturated carbocycles. The first-order valence-electron chi connectivity index (χ1n) is 11.5. The summed E-state index contributed by atoms with van der Waals surface area (Å²) >= 11 is 5.46. The van der Waals surface area contributed by atoms with E-state index < -0.39 is 11.4 Å². The van der Waals surface area contributed by atoms with Crippen LogP contribution in [0.5, 0.6) is 11.5 Å². The molecule has 0 spiro atoms. The summed E-state index contributed by atoms with van der Waals surface area (Å²) in [5, 5.41) is 12.5. The fourth-order valence-electron chi connectivity index (χ4n) is 4.04. The summed E-state index contributed by atoms with van der Waals surface area (Å²) in [6.07, 6.45) is 2.68. The second kappa shape index (κ2) is 10.8. The van der Waals surface area contributed by atoms with Crippen LogP contribution in [0.4, 0.5) is 5.95 Å². The van der Waals surface area contributed by atoms with Crippen LogP contribution in [0.1, 0.15) is 27.6 Å². The molecular formula is C24H26N6O6S. The van der Waals surface area contributed by atoms with Gasteiger partial charge in [0.2, 0.25) is 11.4 Å². The van der Waals surface area contributed by atoms with Gasteiger partial charge >= 0.3 is 5.97 Å². The van der Waals surface area contributed by atoms with Crippen LogP contribution < -0.4 is 25.1 Å². The van der Waals surface area contributed by atoms with Gasteiger partial charge in [0.25, 0.3) is 5.91 Å². The van der Waals surface area contributed by atoms with Gasteiger partial charge in [0.05, 0.1) is 19.6 Å². The Morgan fingerprint density at radius 1 is 1.14 bits per heavy atom. The molecule has 4 rings (SSSR count). The van der Waals surface area contributed by atoms with Crippen molar-refractivity contribution >= 4 is 46.2 Å². The fraction of sp³-hybridized carbons (Fsp3) is 0.333. The molecule has 2 aromatic heterocycles. The van der Waals surface area contributed by atoms with Crippen molar-refractivity contribution in [2.24, 2.45) is 0 Å². The third-order valence-corrected chi connectivity index (χ3v) is 6.45. The second-order valence-electron chi connectivity index (χ2n) is 8.17. The van der Waals surface area contributed by atoms with Gasteiger partial charge in [0.1, 0.15) is 11.2 Å². The van der Waals surface area contributed by atoms with E-state index in [0.29, 0.717) is 66.5 Å². The first-order valence-corrected chi connectivity index (χ1v) is 11.9. The zero-order valence-corrected chi connectivity index (χ0v) is 21.4. The van der Waals surface area contributed by atoms with E-state index in [1.165, 1.54) is 26.6 Å². The van der Waals surface area contributed by atoms with Crippen molar-refractivity contribution in [2.75, 3.05) is 45.3 Å². The van der Waals surface area contributed by atoms with E-state index in [2.05, 4.69) is 15.3 Å². The van der Waals surface area contributed by atoms with Crippen molar-refractivity contribution in [3.8, 4) is 11.5 Å². The summed E-state index contributed by atoms with van der Waals surface area (Å²) in [6.45, 7) is 4.38. The van der Waals surface area contributed by atoms with E-state index in [1.807, 2.05) is 16.7 Å². The minimum absolute atomic E-state index is 0.156. The molecule has 37 heavy (non-hydrogen) atoms. The molecule has 1 aliphatic rings. The Hall–Kier alpha value is -4.26. The van der Waals surface area contributed by atoms with Crippen molar-refractivity contribution < 1.29 is 24.2 Å². The van der Waals surface area contributed by atoms with E-state index in [4.69, 9.17) is 21.7 Å². The molecule has 0 radical (unpaired) electrons. The molecule has 3 aromatic rings. The molecule has 1 aromatic carbocycles. The number of piperazine rings is 1. The van der Waals surface area contributed by atoms with Crippen LogP contribution >= 0.6 is 12.2 Å². The highest BCUT2D eigenvalue weighted by Gasteiger charge is 2.24. The number of fused-ring (bicyclic) bond motifs is 1. The highest BCUT2D eigenvalue weighted by molar-refractivity contribution is 7.80. The normalized spacial score (nSPS) is 13.4. The number of thiocarbonyl (C=S) groups is 1. The number of nitrogens with one attached hydrogen (secondary N) is 1. The maximum absolute atomic E-state index is 12.7. The minimum Gasteiger partial charge on any atom is -0.493 e. The van der Waals surface area contributed by atoms with Crippen LogP contribution in [0.25, 0.3) is 11.0 Å². The van der Waals surface area contributed by atoms with Crippen LogP contribution in [-0.2, 0) is 6.54 Å². The Morgan fingerprint density at radius 2 is 1.84 bits per heavy atom. The van der Waals surface area contributed by atoms with E-state index in [-0.39, 0.29) is 16.9 Å². The number of nitrogens with zero attached hydrogens (tertiary/aromatic N) is 5. The third kappa shape index (κ3) is 5.16. The molecule has 13 heteroatoms. The van der Waals surface area contributed by atoms with Crippen LogP contribution in [0, 0.1) is 0 Å². The summed E-state index contributed by atoms with van der Waals surface area (Å²) in [5.74, 6) is -0.255. The van der Waals surface area contributed by atoms with E-state index in [9.17, 15) is 19.5 Å². The maximum atomic E-state index is 12.7. The lowest BCUT2D eigenvalue weighted by atomic mass is 10.2. The Bertz CT molecular complexity index is 1430. The third-order valence-electron chi connectivity index (χ3n) is 6.09. The van der Waals surface area contributed by atoms with Crippen molar-refractivity contribution in [3.63, 3.8) is 0 Å². The Kier molecular flexibility index (Phi) is 7.53. The smallest absolute Gasteiger partial charge is 0.341 e. The maximum Gasteiger partial charge on any atom is 0.341 e. The number of benzene rings is 1. The summed E-state index contributed by atoms with van der Waals surface area (Å²) in [5.41, 5.74) is -0.166. The number of rotatable bonds is 6. The minimum atomic E-state index is -1.29. The van der Waals surface area contributed by atoms with Gasteiger partial charge in [0.15, 0.2) is 16.6 Å². The second-order valence-corrected chi connectivity index (χ2v) is 8.56. The number of carboxylic acids is 1. The Labute approximate surface area is 217 Å². The number of aromatic carboxylic acids is 1. The Morgan fingerprint density at radius 3 is 2.46 bits per heavy atom. The lowest BCUT2D eigenvalue weighted by Gasteiger charge is -2.36. The summed E-state index contributed by atoms with van der Waals surface area (Å²) in [6, 6.07) is 4.87.